The van der Waals surface area contributed by atoms with Crippen LogP contribution in [-0.2, 0) is 4.79 Å². The van der Waals surface area contributed by atoms with Gasteiger partial charge in [-0.15, -0.1) is 11.3 Å². The number of ketones is 1. The molecule has 0 amide bonds. The number of Topliss-reactive ketones (excluding diaryl/α,β-unsaturated/α-hetero) is 1. The zero-order valence-electron chi connectivity index (χ0n) is 16.0. The molecule has 0 N–H and O–H groups in total. The topological polar surface area (TPSA) is 69.4 Å². The van der Waals surface area contributed by atoms with E-state index in [2.05, 4.69) is 4.98 Å². The van der Waals surface area contributed by atoms with Crippen LogP contribution < -0.4 is 4.74 Å². The minimum Gasteiger partial charge on any atom is -0.437 e. The summed E-state index contributed by atoms with van der Waals surface area (Å²) in [6, 6.07) is 22.8. The lowest BCUT2D eigenvalue weighted by Crippen LogP contribution is -2.25. The van der Waals surface area contributed by atoms with Crippen LogP contribution in [0.25, 0.3) is 38.6 Å². The largest absolute Gasteiger partial charge is 0.437 e. The first-order valence-electron chi connectivity index (χ1n) is 9.63. The first-order valence-corrected chi connectivity index (χ1v) is 10.4. The van der Waals surface area contributed by atoms with Gasteiger partial charge in [0.1, 0.15) is 22.1 Å². The Hall–Kier alpha value is -4.03. The molecule has 2 aromatic heterocycles. The van der Waals surface area contributed by atoms with E-state index in [9.17, 15) is 9.59 Å². The molecular weight excluding hydrogens is 410 g/mol. The molecule has 0 spiro atoms. The summed E-state index contributed by atoms with van der Waals surface area (Å²) in [6.07, 6.45) is 1.48. The fourth-order valence-corrected chi connectivity index (χ4v) is 4.55. The van der Waals surface area contributed by atoms with Crippen LogP contribution in [0.2, 0.25) is 0 Å². The summed E-state index contributed by atoms with van der Waals surface area (Å²) in [7, 11) is 0. The zero-order valence-corrected chi connectivity index (χ0v) is 16.8. The van der Waals surface area contributed by atoms with E-state index < -0.39 is 5.97 Å². The van der Waals surface area contributed by atoms with E-state index in [4.69, 9.17) is 9.15 Å². The minimum atomic E-state index is -0.676. The number of carbonyl (C=O) groups excluding carboxylic acids is 2. The van der Waals surface area contributed by atoms with Gasteiger partial charge < -0.3 is 9.15 Å². The molecule has 6 rings (SSSR count). The maximum absolute atomic E-state index is 13.1. The van der Waals surface area contributed by atoms with Gasteiger partial charge in [-0.05, 0) is 29.0 Å². The van der Waals surface area contributed by atoms with Crippen LogP contribution in [-0.4, -0.2) is 16.7 Å². The molecule has 0 fully saturated rings. The summed E-state index contributed by atoms with van der Waals surface area (Å²) in [4.78, 5) is 30.0. The van der Waals surface area contributed by atoms with Crippen molar-refractivity contribution in [2.24, 2.45) is 0 Å². The number of fused-ring (bicyclic) bond motifs is 3. The maximum Gasteiger partial charge on any atom is 0.347 e. The molecule has 0 atom stereocenters. The number of ether oxygens (including phenoxy) is 1. The van der Waals surface area contributed by atoms with E-state index in [0.717, 1.165) is 26.8 Å². The highest BCUT2D eigenvalue weighted by Gasteiger charge is 2.31. The fraction of sp³-hybridized carbons (Fsp3) is 0. The lowest BCUT2D eigenvalue weighted by Gasteiger charge is -2.17. The summed E-state index contributed by atoms with van der Waals surface area (Å²) in [5.41, 5.74) is 1.76. The van der Waals surface area contributed by atoms with E-state index in [1.807, 2.05) is 60.7 Å². The molecule has 0 unspecified atom stereocenters. The number of carbonyl (C=O) groups is 2. The van der Waals surface area contributed by atoms with Gasteiger partial charge in [0.25, 0.3) is 0 Å². The molecule has 3 heterocycles. The Bertz CT molecular complexity index is 1510. The number of nitrogens with zero attached hydrogens (tertiary/aromatic N) is 1. The predicted octanol–water partition coefficient (Wildman–Crippen LogP) is 5.89. The Kier molecular flexibility index (Phi) is 3.88. The molecule has 1 aliphatic rings. The molecule has 0 saturated heterocycles. The molecule has 31 heavy (non-hydrogen) atoms. The van der Waals surface area contributed by atoms with Gasteiger partial charge in [-0.25, -0.2) is 9.78 Å². The molecule has 0 bridgehead atoms. The van der Waals surface area contributed by atoms with Crippen molar-refractivity contribution in [1.82, 2.24) is 4.98 Å². The predicted molar refractivity (Wildman–Crippen MR) is 119 cm³/mol. The zero-order chi connectivity index (χ0) is 20.9. The second kappa shape index (κ2) is 6.75. The monoisotopic (exact) mass is 423 g/mol. The molecule has 1 aliphatic heterocycles. The Labute approximate surface area is 180 Å². The Balaban J connectivity index is 1.38. The Morgan fingerprint density at radius 1 is 0.871 bits per heavy atom. The van der Waals surface area contributed by atoms with Crippen LogP contribution in [0.1, 0.15) is 15.4 Å². The quantitative estimate of drug-likeness (QED) is 0.153. The molecule has 148 valence electrons. The standard InChI is InChI=1S/C25H13NO4S/c27-23-17-10-15-8-4-5-9-16(15)11-20(17)30-25(28)18(23)12-22-26-24-21(31-22)13-19(29-24)14-6-2-1-3-7-14/h1-13H/b18-12-. The van der Waals surface area contributed by atoms with Gasteiger partial charge in [-0.3, -0.25) is 4.79 Å². The number of esters is 1. The highest BCUT2D eigenvalue weighted by Crippen LogP contribution is 2.35. The fourth-order valence-electron chi connectivity index (χ4n) is 3.68. The maximum atomic E-state index is 13.1. The first kappa shape index (κ1) is 17.8. The third kappa shape index (κ3) is 2.96. The minimum absolute atomic E-state index is 0.0394. The third-order valence-corrected chi connectivity index (χ3v) is 6.12. The number of hydrogen-bond acceptors (Lipinski definition) is 6. The highest BCUT2D eigenvalue weighted by atomic mass is 32.1. The van der Waals surface area contributed by atoms with E-state index >= 15 is 0 Å². The second-order valence-corrected chi connectivity index (χ2v) is 8.23. The summed E-state index contributed by atoms with van der Waals surface area (Å²) < 4.78 is 12.1. The lowest BCUT2D eigenvalue weighted by atomic mass is 9.96. The molecule has 0 aliphatic carbocycles. The molecular formula is C25H13NO4S. The molecule has 5 aromatic rings. The van der Waals surface area contributed by atoms with Crippen molar-refractivity contribution in [1.29, 1.82) is 0 Å². The highest BCUT2D eigenvalue weighted by molar-refractivity contribution is 7.19. The van der Waals surface area contributed by atoms with Crippen molar-refractivity contribution < 1.29 is 18.7 Å². The Morgan fingerprint density at radius 2 is 1.61 bits per heavy atom. The van der Waals surface area contributed by atoms with E-state index in [1.54, 1.807) is 12.1 Å². The van der Waals surface area contributed by atoms with E-state index in [0.29, 0.717) is 16.3 Å². The van der Waals surface area contributed by atoms with Crippen molar-refractivity contribution in [2.75, 3.05) is 0 Å². The number of rotatable bonds is 2. The second-order valence-electron chi connectivity index (χ2n) is 7.17. The SMILES string of the molecule is O=C1Oc2cc3ccccc3cc2C(=O)/C1=C/c1nc2oc(-c3ccccc3)cc2s1. The van der Waals surface area contributed by atoms with Crippen LogP contribution in [0.5, 0.6) is 5.75 Å². The summed E-state index contributed by atoms with van der Waals surface area (Å²) in [5.74, 6) is -0.0351. The smallest absolute Gasteiger partial charge is 0.347 e. The molecule has 3 aromatic carbocycles. The van der Waals surface area contributed by atoms with Gasteiger partial charge >= 0.3 is 5.97 Å². The summed E-state index contributed by atoms with van der Waals surface area (Å²) in [5, 5.41) is 2.33. The van der Waals surface area contributed by atoms with Crippen LogP contribution in [0.4, 0.5) is 0 Å². The Morgan fingerprint density at radius 3 is 2.39 bits per heavy atom. The van der Waals surface area contributed by atoms with Crippen molar-refractivity contribution in [3.63, 3.8) is 0 Å². The van der Waals surface area contributed by atoms with E-state index in [-0.39, 0.29) is 17.1 Å². The lowest BCUT2D eigenvalue weighted by molar-refractivity contribution is -0.130. The van der Waals surface area contributed by atoms with Crippen LogP contribution in [0.15, 0.2) is 82.8 Å². The van der Waals surface area contributed by atoms with Crippen molar-refractivity contribution in [2.45, 2.75) is 0 Å². The number of furan rings is 1. The first-order chi connectivity index (χ1) is 15.2. The van der Waals surface area contributed by atoms with Crippen LogP contribution in [0, 0.1) is 0 Å². The average Bonchev–Trinajstić information content (AvgIpc) is 3.35. The van der Waals surface area contributed by atoms with Crippen molar-refractivity contribution >= 4 is 50.4 Å². The van der Waals surface area contributed by atoms with Crippen molar-refractivity contribution in [3.05, 3.63) is 88.9 Å². The number of thiazole rings is 1. The third-order valence-electron chi connectivity index (χ3n) is 5.19. The van der Waals surface area contributed by atoms with Crippen LogP contribution in [0.3, 0.4) is 0 Å². The number of hydrogen-bond donors (Lipinski definition) is 0. The van der Waals surface area contributed by atoms with Gasteiger partial charge in [0.2, 0.25) is 11.5 Å². The number of benzene rings is 3. The number of aromatic nitrogens is 1. The molecule has 0 radical (unpaired) electrons. The van der Waals surface area contributed by atoms with Gasteiger partial charge in [0.05, 0.1) is 10.3 Å². The van der Waals surface area contributed by atoms with Crippen molar-refractivity contribution in [3.8, 4) is 17.1 Å². The molecule has 0 saturated carbocycles. The summed E-state index contributed by atoms with van der Waals surface area (Å²) in [6.45, 7) is 0. The molecule has 6 heteroatoms. The van der Waals surface area contributed by atoms with Gasteiger partial charge in [0, 0.05) is 11.6 Å². The average molecular weight is 423 g/mol. The molecule has 5 nitrogen and oxygen atoms in total. The van der Waals surface area contributed by atoms with Gasteiger partial charge in [-0.1, -0.05) is 54.6 Å². The van der Waals surface area contributed by atoms with E-state index in [1.165, 1.54) is 17.4 Å². The summed E-state index contributed by atoms with van der Waals surface area (Å²) >= 11 is 1.35. The van der Waals surface area contributed by atoms with Gasteiger partial charge in [-0.2, -0.15) is 0 Å². The van der Waals surface area contributed by atoms with Gasteiger partial charge in [0.15, 0.2) is 0 Å². The normalized spacial score (nSPS) is 14.9. The van der Waals surface area contributed by atoms with Crippen LogP contribution >= 0.6 is 11.3 Å².